The summed E-state index contributed by atoms with van der Waals surface area (Å²) in [5.74, 6) is 0. The first kappa shape index (κ1) is 88.2. The Morgan fingerprint density at radius 3 is 0.667 bits per heavy atom. The van der Waals surface area contributed by atoms with Crippen molar-refractivity contribution in [2.75, 3.05) is 0 Å². The van der Waals surface area contributed by atoms with Crippen molar-refractivity contribution in [2.45, 2.75) is 0 Å². The Morgan fingerprint density at radius 2 is 0.667 bits per heavy atom. The molecular weight excluding hydrogens is 151 g/mol. The maximum Gasteiger partial charge on any atom is 1.00 e. The van der Waals surface area contributed by atoms with E-state index in [0.717, 1.165) is 0 Å². The Bertz CT molecular complexity index is 11.7. The van der Waals surface area contributed by atoms with Crippen molar-refractivity contribution in [1.82, 2.24) is 0 Å². The molecule has 0 rings (SSSR count). The first-order valence-corrected chi connectivity index (χ1v) is 0. The number of hydrogen-bond acceptors (Lipinski definition) is 4. The van der Waals surface area contributed by atoms with Crippen LogP contribution in [0.1, 0.15) is 1.43 Å². The second-order valence-corrected chi connectivity index (χ2v) is 0. The predicted molar refractivity (Wildman–Crippen MR) is 8.86 cm³/mol. The minimum Gasteiger partial charge on any atom is -0.870 e. The third-order valence-electron chi connectivity index (χ3n) is 0. The molecule has 0 aromatic heterocycles. The molecule has 4 nitrogen and oxygen atoms in total. The van der Waals surface area contributed by atoms with Crippen molar-refractivity contribution in [2.24, 2.45) is 0 Å². The van der Waals surface area contributed by atoms with Crippen molar-refractivity contribution in [3.63, 3.8) is 0 Å². The molecule has 0 aromatic rings. The molecule has 0 saturated heterocycles. The van der Waals surface area contributed by atoms with Crippen LogP contribution in [0.25, 0.3) is 0 Å². The van der Waals surface area contributed by atoms with Crippen molar-refractivity contribution in [3.05, 3.63) is 0 Å². The van der Waals surface area contributed by atoms with Gasteiger partial charge in [0.1, 0.15) is 0 Å². The Labute approximate surface area is 94.7 Å². The molecule has 0 aliphatic heterocycles. The predicted octanol–water partition coefficient (Wildman–Crippen LogP) is -3.59. The van der Waals surface area contributed by atoms with Crippen molar-refractivity contribution < 1.29 is 96.4 Å². The summed E-state index contributed by atoms with van der Waals surface area (Å²) < 4.78 is 0. The molecule has 0 unspecified atom stereocenters. The van der Waals surface area contributed by atoms with Crippen LogP contribution in [0.2, 0.25) is 0 Å². The van der Waals surface area contributed by atoms with Gasteiger partial charge in [0.25, 0.3) is 0 Å². The largest absolute Gasteiger partial charge is 1.00 e. The SMILES string of the molecule is [H+].[K+].[OH-].[OH-].[OH-].[OH-].[Ti]. The third kappa shape index (κ3) is 34.8. The molecule has 0 aliphatic rings. The van der Waals surface area contributed by atoms with Gasteiger partial charge in [-0.25, -0.2) is 0 Å². The van der Waals surface area contributed by atoms with E-state index >= 15 is 0 Å². The summed E-state index contributed by atoms with van der Waals surface area (Å²) in [6.45, 7) is 0. The molecule has 36 valence electrons. The standard InChI is InChI=1S/K.4H2O.Ti/h;4*1H2;/q+1;;;;;/p-3. The van der Waals surface area contributed by atoms with Gasteiger partial charge in [0.15, 0.2) is 0 Å². The molecule has 0 heterocycles. The summed E-state index contributed by atoms with van der Waals surface area (Å²) >= 11 is 0. The van der Waals surface area contributed by atoms with E-state index in [1.807, 2.05) is 0 Å². The molecule has 6 heavy (non-hydrogen) atoms. The van der Waals surface area contributed by atoms with Gasteiger partial charge in [0.2, 0.25) is 0 Å². The van der Waals surface area contributed by atoms with Crippen molar-refractivity contribution in [3.8, 4) is 0 Å². The topological polar surface area (TPSA) is 120 Å². The van der Waals surface area contributed by atoms with E-state index in [1.54, 1.807) is 0 Å². The zero-order valence-corrected chi connectivity index (χ0v) is 7.97. The molecule has 0 fully saturated rings. The van der Waals surface area contributed by atoms with Crippen LogP contribution in [0.5, 0.6) is 0 Å². The molecule has 0 amide bonds. The van der Waals surface area contributed by atoms with Crippen LogP contribution in [-0.4, -0.2) is 21.9 Å². The Balaban J connectivity index is 0. The van der Waals surface area contributed by atoms with Crippen LogP contribution in [0.15, 0.2) is 0 Å². The maximum atomic E-state index is 0. The molecule has 4 N–H and O–H groups in total. The average Bonchev–Trinajstić information content (AvgIpc) is 0. The summed E-state index contributed by atoms with van der Waals surface area (Å²) in [6, 6.07) is 0. The number of hydrogen-bond donors (Lipinski definition) is 0. The van der Waals surface area contributed by atoms with Crippen LogP contribution < -0.4 is 51.4 Å². The van der Waals surface area contributed by atoms with Crippen molar-refractivity contribution >= 4 is 0 Å². The molecule has 0 atom stereocenters. The Kier molecular flexibility index (Phi) is 845. The smallest absolute Gasteiger partial charge is 0.870 e. The fourth-order valence-corrected chi connectivity index (χ4v) is 0. The fraction of sp³-hybridized carbons (Fsp3) is 0. The van der Waals surface area contributed by atoms with Gasteiger partial charge in [-0.1, -0.05) is 0 Å². The second-order valence-electron chi connectivity index (χ2n) is 0. The monoisotopic (exact) mass is 156 g/mol. The Morgan fingerprint density at radius 1 is 0.667 bits per heavy atom. The van der Waals surface area contributed by atoms with Gasteiger partial charge in [-0.05, 0) is 0 Å². The summed E-state index contributed by atoms with van der Waals surface area (Å²) in [5.41, 5.74) is 0. The molecule has 0 spiro atoms. The zero-order valence-electron chi connectivity index (χ0n) is 4.29. The minimum absolute atomic E-state index is 0. The molecule has 0 aliphatic carbocycles. The van der Waals surface area contributed by atoms with Gasteiger partial charge in [-0.3, -0.25) is 0 Å². The summed E-state index contributed by atoms with van der Waals surface area (Å²) in [5, 5.41) is 0. The van der Waals surface area contributed by atoms with Crippen LogP contribution in [0.3, 0.4) is 0 Å². The van der Waals surface area contributed by atoms with E-state index in [2.05, 4.69) is 0 Å². The van der Waals surface area contributed by atoms with E-state index in [4.69, 9.17) is 0 Å². The molecule has 0 aromatic carbocycles. The fourth-order valence-electron chi connectivity index (χ4n) is 0. The second kappa shape index (κ2) is 57.4. The minimum atomic E-state index is 0. The van der Waals surface area contributed by atoms with Gasteiger partial charge >= 0.3 is 52.8 Å². The molecule has 6 heteroatoms. The van der Waals surface area contributed by atoms with Crippen molar-refractivity contribution in [1.29, 1.82) is 0 Å². The zero-order chi connectivity index (χ0) is 0. The molecule has 0 radical (unpaired) electrons. The molecule has 0 saturated carbocycles. The first-order chi connectivity index (χ1) is 0. The van der Waals surface area contributed by atoms with E-state index in [0.29, 0.717) is 0 Å². The van der Waals surface area contributed by atoms with E-state index in [9.17, 15) is 0 Å². The van der Waals surface area contributed by atoms with Crippen LogP contribution in [0, 0.1) is 0 Å². The first-order valence-electron chi connectivity index (χ1n) is 0. The summed E-state index contributed by atoms with van der Waals surface area (Å²) in [6.07, 6.45) is 0. The number of rotatable bonds is 0. The van der Waals surface area contributed by atoms with Gasteiger partial charge in [-0.15, -0.1) is 0 Å². The van der Waals surface area contributed by atoms with E-state index in [1.165, 1.54) is 0 Å². The normalized spacial score (nSPS) is 0. The van der Waals surface area contributed by atoms with Gasteiger partial charge in [-0.2, -0.15) is 0 Å². The van der Waals surface area contributed by atoms with Gasteiger partial charge in [0, 0.05) is 21.7 Å². The Hall–Kier alpha value is 2.19. The molecule has 0 bridgehead atoms. The quantitative estimate of drug-likeness (QED) is 0.336. The average molecular weight is 156 g/mol. The van der Waals surface area contributed by atoms with E-state index in [-0.39, 0.29) is 96.4 Å². The van der Waals surface area contributed by atoms with Crippen LogP contribution >= 0.6 is 0 Å². The van der Waals surface area contributed by atoms with Crippen LogP contribution in [0.4, 0.5) is 0 Å². The van der Waals surface area contributed by atoms with Gasteiger partial charge < -0.3 is 21.9 Å². The summed E-state index contributed by atoms with van der Waals surface area (Å²) in [4.78, 5) is 0. The third-order valence-corrected chi connectivity index (χ3v) is 0. The summed E-state index contributed by atoms with van der Waals surface area (Å²) in [7, 11) is 0. The van der Waals surface area contributed by atoms with Crippen LogP contribution in [-0.2, 0) is 21.7 Å². The maximum absolute atomic E-state index is 0. The van der Waals surface area contributed by atoms with Gasteiger partial charge in [0.05, 0.1) is 0 Å². The van der Waals surface area contributed by atoms with E-state index < -0.39 is 0 Å². The molecular formula is H5KO4Ti-2.